The molecule has 3 rings (SSSR count). The Morgan fingerprint density at radius 2 is 2.05 bits per heavy atom. The van der Waals surface area contributed by atoms with Gasteiger partial charge in [-0.1, -0.05) is 5.16 Å². The molecule has 0 amide bonds. The lowest BCUT2D eigenvalue weighted by molar-refractivity contribution is 0.387. The third kappa shape index (κ3) is 3.29. The molecule has 2 aromatic heterocycles. The van der Waals surface area contributed by atoms with Gasteiger partial charge in [0, 0.05) is 33.1 Å². The summed E-state index contributed by atoms with van der Waals surface area (Å²) in [4.78, 5) is 17.3. The third-order valence-electron chi connectivity index (χ3n) is 3.66. The Morgan fingerprint density at radius 1 is 1.24 bits per heavy atom. The van der Waals surface area contributed by atoms with E-state index in [0.29, 0.717) is 18.3 Å². The Morgan fingerprint density at radius 3 is 2.76 bits per heavy atom. The van der Waals surface area contributed by atoms with Gasteiger partial charge in [0.1, 0.15) is 18.0 Å². The van der Waals surface area contributed by atoms with E-state index in [4.69, 9.17) is 4.52 Å². The van der Waals surface area contributed by atoms with Gasteiger partial charge in [-0.3, -0.25) is 0 Å². The zero-order chi connectivity index (χ0) is 14.7. The summed E-state index contributed by atoms with van der Waals surface area (Å²) in [5.74, 6) is 3.10. The van der Waals surface area contributed by atoms with Crippen molar-refractivity contribution in [2.75, 3.05) is 29.9 Å². The lowest BCUT2D eigenvalue weighted by Crippen LogP contribution is -2.30. The molecular formula is C14H20N6O. The highest BCUT2D eigenvalue weighted by molar-refractivity contribution is 5.49. The van der Waals surface area contributed by atoms with Gasteiger partial charge in [-0.2, -0.15) is 4.98 Å². The zero-order valence-corrected chi connectivity index (χ0v) is 12.5. The number of piperidine rings is 1. The van der Waals surface area contributed by atoms with E-state index in [9.17, 15) is 0 Å². The quantitative estimate of drug-likeness (QED) is 0.849. The molecule has 0 aliphatic carbocycles. The number of aromatic nitrogens is 4. The smallest absolute Gasteiger partial charge is 0.223 e. The summed E-state index contributed by atoms with van der Waals surface area (Å²) in [7, 11) is 1.97. The predicted octanol–water partition coefficient (Wildman–Crippen LogP) is 1.79. The molecule has 0 aromatic carbocycles. The van der Waals surface area contributed by atoms with Crippen molar-refractivity contribution in [3.8, 4) is 0 Å². The minimum absolute atomic E-state index is 0.563. The fourth-order valence-corrected chi connectivity index (χ4v) is 2.54. The van der Waals surface area contributed by atoms with Crippen LogP contribution >= 0.6 is 0 Å². The van der Waals surface area contributed by atoms with Crippen LogP contribution in [0, 0.1) is 6.92 Å². The minimum atomic E-state index is 0.563. The van der Waals surface area contributed by atoms with Gasteiger partial charge < -0.3 is 14.3 Å². The van der Waals surface area contributed by atoms with Crippen LogP contribution in [0.2, 0.25) is 0 Å². The number of anilines is 2. The number of hydrogen-bond acceptors (Lipinski definition) is 7. The lowest BCUT2D eigenvalue weighted by Gasteiger charge is -2.28. The molecule has 0 spiro atoms. The highest BCUT2D eigenvalue weighted by atomic mass is 16.5. The van der Waals surface area contributed by atoms with Crippen LogP contribution < -0.4 is 9.80 Å². The summed E-state index contributed by atoms with van der Waals surface area (Å²) in [5.41, 5.74) is 0. The molecule has 0 radical (unpaired) electrons. The van der Waals surface area contributed by atoms with Crippen molar-refractivity contribution in [1.82, 2.24) is 20.1 Å². The van der Waals surface area contributed by atoms with Gasteiger partial charge in [0.15, 0.2) is 5.82 Å². The Kier molecular flexibility index (Phi) is 3.98. The Hall–Kier alpha value is -2.18. The van der Waals surface area contributed by atoms with Crippen LogP contribution in [-0.4, -0.2) is 40.2 Å². The molecule has 0 unspecified atom stereocenters. The molecule has 1 aliphatic heterocycles. The van der Waals surface area contributed by atoms with Crippen molar-refractivity contribution in [1.29, 1.82) is 0 Å². The van der Waals surface area contributed by atoms with Crippen molar-refractivity contribution in [2.24, 2.45) is 0 Å². The van der Waals surface area contributed by atoms with Gasteiger partial charge in [0.25, 0.3) is 0 Å². The van der Waals surface area contributed by atoms with E-state index < -0.39 is 0 Å². The molecule has 0 saturated carbocycles. The molecule has 2 aromatic rings. The predicted molar refractivity (Wildman–Crippen MR) is 79.2 cm³/mol. The van der Waals surface area contributed by atoms with E-state index in [1.54, 1.807) is 13.3 Å². The van der Waals surface area contributed by atoms with Crippen LogP contribution in [-0.2, 0) is 6.54 Å². The second kappa shape index (κ2) is 6.07. The van der Waals surface area contributed by atoms with Gasteiger partial charge in [-0.25, -0.2) is 9.97 Å². The van der Waals surface area contributed by atoms with Crippen molar-refractivity contribution in [3.63, 3.8) is 0 Å². The van der Waals surface area contributed by atoms with E-state index in [1.165, 1.54) is 19.3 Å². The van der Waals surface area contributed by atoms with Gasteiger partial charge in [0.05, 0.1) is 6.54 Å². The molecule has 1 aliphatic rings. The topological polar surface area (TPSA) is 71.2 Å². The fraction of sp³-hybridized carbons (Fsp3) is 0.571. The third-order valence-corrected chi connectivity index (χ3v) is 3.66. The van der Waals surface area contributed by atoms with Crippen LogP contribution in [0.4, 0.5) is 11.6 Å². The van der Waals surface area contributed by atoms with Crippen LogP contribution in [0.25, 0.3) is 0 Å². The first-order valence-electron chi connectivity index (χ1n) is 7.30. The fourth-order valence-electron chi connectivity index (χ4n) is 2.54. The monoisotopic (exact) mass is 288 g/mol. The average Bonchev–Trinajstić information content (AvgIpc) is 2.93. The highest BCUT2D eigenvalue weighted by Gasteiger charge is 2.14. The highest BCUT2D eigenvalue weighted by Crippen LogP contribution is 2.21. The molecule has 7 nitrogen and oxygen atoms in total. The molecule has 1 saturated heterocycles. The van der Waals surface area contributed by atoms with E-state index in [1.807, 2.05) is 18.0 Å². The van der Waals surface area contributed by atoms with Crippen molar-refractivity contribution in [3.05, 3.63) is 24.1 Å². The number of aryl methyl sites for hydroxylation is 1. The summed E-state index contributed by atoms with van der Waals surface area (Å²) in [6.45, 7) is 4.50. The summed E-state index contributed by atoms with van der Waals surface area (Å²) >= 11 is 0. The first kappa shape index (κ1) is 13.8. The van der Waals surface area contributed by atoms with E-state index in [2.05, 4.69) is 25.0 Å². The number of nitrogens with zero attached hydrogens (tertiary/aromatic N) is 6. The minimum Gasteiger partial charge on any atom is -0.356 e. The van der Waals surface area contributed by atoms with E-state index >= 15 is 0 Å². The summed E-state index contributed by atoms with van der Waals surface area (Å²) < 4.78 is 4.99. The first-order chi connectivity index (χ1) is 10.2. The normalized spacial score (nSPS) is 15.2. The first-order valence-corrected chi connectivity index (χ1v) is 7.30. The molecule has 0 bridgehead atoms. The van der Waals surface area contributed by atoms with Crippen LogP contribution in [0.5, 0.6) is 0 Å². The van der Waals surface area contributed by atoms with Gasteiger partial charge in [-0.05, 0) is 19.3 Å². The number of hydrogen-bond donors (Lipinski definition) is 0. The maximum absolute atomic E-state index is 4.99. The summed E-state index contributed by atoms with van der Waals surface area (Å²) in [5, 5.41) is 3.91. The maximum atomic E-state index is 4.99. The second-order valence-corrected chi connectivity index (χ2v) is 5.37. The Labute approximate surface area is 124 Å². The average molecular weight is 288 g/mol. The SMILES string of the molecule is Cc1nc(CN(C)c2cc(N3CCCCC3)ncn2)no1. The molecule has 1 fully saturated rings. The van der Waals surface area contributed by atoms with Crippen molar-refractivity contribution < 1.29 is 4.52 Å². The molecule has 3 heterocycles. The maximum Gasteiger partial charge on any atom is 0.223 e. The van der Waals surface area contributed by atoms with Crippen LogP contribution in [0.15, 0.2) is 16.9 Å². The number of rotatable bonds is 4. The molecule has 7 heteroatoms. The van der Waals surface area contributed by atoms with E-state index in [-0.39, 0.29) is 0 Å². The van der Waals surface area contributed by atoms with Gasteiger partial charge in [0.2, 0.25) is 5.89 Å². The van der Waals surface area contributed by atoms with Crippen LogP contribution in [0.3, 0.4) is 0 Å². The van der Waals surface area contributed by atoms with Gasteiger partial charge >= 0.3 is 0 Å². The summed E-state index contributed by atoms with van der Waals surface area (Å²) in [6, 6.07) is 2.03. The van der Waals surface area contributed by atoms with Crippen molar-refractivity contribution >= 4 is 11.6 Å². The second-order valence-electron chi connectivity index (χ2n) is 5.37. The largest absolute Gasteiger partial charge is 0.356 e. The Balaban J connectivity index is 1.72. The standard InChI is InChI=1S/C14H20N6O/c1-11-17-12(18-21-11)9-19(2)13-8-14(16-10-15-13)20-6-4-3-5-7-20/h8,10H,3-7,9H2,1-2H3. The van der Waals surface area contributed by atoms with E-state index in [0.717, 1.165) is 24.7 Å². The van der Waals surface area contributed by atoms with Crippen molar-refractivity contribution in [2.45, 2.75) is 32.7 Å². The molecule has 21 heavy (non-hydrogen) atoms. The molecule has 0 atom stereocenters. The molecule has 112 valence electrons. The Bertz CT molecular complexity index is 593. The summed E-state index contributed by atoms with van der Waals surface area (Å²) in [6.07, 6.45) is 5.40. The van der Waals surface area contributed by atoms with Crippen LogP contribution in [0.1, 0.15) is 31.0 Å². The molecule has 0 N–H and O–H groups in total. The van der Waals surface area contributed by atoms with Gasteiger partial charge in [-0.15, -0.1) is 0 Å². The lowest BCUT2D eigenvalue weighted by atomic mass is 10.1. The molecular weight excluding hydrogens is 268 g/mol. The zero-order valence-electron chi connectivity index (χ0n) is 12.5.